The van der Waals surface area contributed by atoms with Gasteiger partial charge in [-0.3, -0.25) is 4.98 Å². The van der Waals surface area contributed by atoms with E-state index in [1.54, 1.807) is 24.9 Å². The second-order valence-electron chi connectivity index (χ2n) is 5.01. The van der Waals surface area contributed by atoms with E-state index in [-0.39, 0.29) is 0 Å². The largest absolute Gasteiger partial charge is 0.274 e. The highest BCUT2D eigenvalue weighted by Gasteiger charge is 2.32. The lowest BCUT2D eigenvalue weighted by Gasteiger charge is -1.97. The molecule has 0 aliphatic carbocycles. The van der Waals surface area contributed by atoms with Gasteiger partial charge in [-0.05, 0) is 12.1 Å². The van der Waals surface area contributed by atoms with Gasteiger partial charge in [-0.1, -0.05) is 0 Å². The van der Waals surface area contributed by atoms with Crippen molar-refractivity contribution in [2.75, 3.05) is 0 Å². The summed E-state index contributed by atoms with van der Waals surface area (Å²) in [6, 6.07) is 5.75. The summed E-state index contributed by atoms with van der Waals surface area (Å²) in [6.45, 7) is -1.66. The zero-order chi connectivity index (χ0) is 15.8. The first-order chi connectivity index (χ1) is 11.1. The Kier molecular flexibility index (Phi) is 1.27. The number of nitrogens with zero attached hydrogens (tertiary/aromatic N) is 5. The molecule has 0 fully saturated rings. The summed E-state index contributed by atoms with van der Waals surface area (Å²) in [5.74, 6) is 0.700. The highest BCUT2D eigenvalue weighted by Crippen LogP contribution is 2.33. The molecule has 96 valence electrons. The molecule has 5 rings (SSSR count). The number of pyridine rings is 1. The van der Waals surface area contributed by atoms with Crippen molar-refractivity contribution in [1.82, 2.24) is 18.9 Å². The SMILES string of the molecule is [2H]C([2H])([2H])[n+]1c2n(c3cc4ccncn4c31)Cc1cnccc1-2. The number of hydrogen-bond donors (Lipinski definition) is 0. The van der Waals surface area contributed by atoms with Crippen LogP contribution in [0, 0.1) is 0 Å². The summed E-state index contributed by atoms with van der Waals surface area (Å²) in [6.07, 6.45) is 6.86. The van der Waals surface area contributed by atoms with E-state index in [9.17, 15) is 0 Å². The molecule has 1 aliphatic rings. The van der Waals surface area contributed by atoms with Gasteiger partial charge >= 0.3 is 0 Å². The Morgan fingerprint density at radius 2 is 2.25 bits per heavy atom. The monoisotopic (exact) mass is 265 g/mol. The fraction of sp³-hybridized carbons (Fsp3) is 0.133. The third-order valence-electron chi connectivity index (χ3n) is 3.98. The summed E-state index contributed by atoms with van der Waals surface area (Å²) in [5, 5.41) is 0. The average molecular weight is 265 g/mol. The van der Waals surface area contributed by atoms with Crippen molar-refractivity contribution >= 4 is 16.7 Å². The van der Waals surface area contributed by atoms with Gasteiger partial charge in [-0.15, -0.1) is 0 Å². The highest BCUT2D eigenvalue weighted by molar-refractivity contribution is 5.83. The lowest BCUT2D eigenvalue weighted by molar-refractivity contribution is -0.636. The minimum Gasteiger partial charge on any atom is -0.264 e. The van der Waals surface area contributed by atoms with Gasteiger partial charge in [0.25, 0.3) is 5.65 Å². The van der Waals surface area contributed by atoms with E-state index in [0.717, 1.165) is 22.2 Å². The molecular formula is C15H12N5+. The summed E-state index contributed by atoms with van der Waals surface area (Å²) in [7, 11) is 0. The molecule has 0 bridgehead atoms. The Hall–Kier alpha value is -2.69. The molecule has 0 unspecified atom stereocenters. The van der Waals surface area contributed by atoms with Crippen molar-refractivity contribution in [2.45, 2.75) is 6.54 Å². The molecule has 0 saturated carbocycles. The molecule has 5 heteroatoms. The number of hydrogen-bond acceptors (Lipinski definition) is 2. The molecule has 0 N–H and O–H groups in total. The molecule has 5 nitrogen and oxygen atoms in total. The first-order valence-electron chi connectivity index (χ1n) is 7.89. The van der Waals surface area contributed by atoms with Gasteiger partial charge in [0.2, 0.25) is 5.82 Å². The smallest absolute Gasteiger partial charge is 0.264 e. The quantitative estimate of drug-likeness (QED) is 0.398. The van der Waals surface area contributed by atoms with E-state index in [1.807, 2.05) is 27.2 Å². The number of fused-ring (bicyclic) bond motifs is 7. The van der Waals surface area contributed by atoms with E-state index in [0.29, 0.717) is 18.0 Å². The van der Waals surface area contributed by atoms with Crippen LogP contribution in [0.15, 0.2) is 43.1 Å². The van der Waals surface area contributed by atoms with Crippen molar-refractivity contribution in [3.63, 3.8) is 0 Å². The van der Waals surface area contributed by atoms with Crippen molar-refractivity contribution in [2.24, 2.45) is 6.98 Å². The van der Waals surface area contributed by atoms with E-state index < -0.39 is 6.98 Å². The van der Waals surface area contributed by atoms with Gasteiger partial charge in [0.05, 0.1) is 23.2 Å². The Balaban J connectivity index is 2.01. The standard InChI is InChI=1S/C15H12N5/c1-18-14-12-3-5-16-7-10(12)8-19(14)13-6-11-2-4-17-9-20(11)15(13)18/h2-7,9H,8H2,1H3/q+1/i1D3. The number of aryl methyl sites for hydroxylation is 1. The summed E-state index contributed by atoms with van der Waals surface area (Å²) >= 11 is 0. The van der Waals surface area contributed by atoms with Crippen LogP contribution in [0.2, 0.25) is 0 Å². The minimum absolute atomic E-state index is 0.627. The normalized spacial score (nSPS) is 15.9. The average Bonchev–Trinajstić information content (AvgIpc) is 3.13. The van der Waals surface area contributed by atoms with Crippen LogP contribution in [-0.4, -0.2) is 18.9 Å². The maximum absolute atomic E-state index is 8.03. The van der Waals surface area contributed by atoms with Gasteiger partial charge in [0.15, 0.2) is 11.8 Å². The highest BCUT2D eigenvalue weighted by atomic mass is 15.2. The fourth-order valence-electron chi connectivity index (χ4n) is 3.12. The van der Waals surface area contributed by atoms with E-state index in [2.05, 4.69) is 9.97 Å². The van der Waals surface area contributed by atoms with Crippen molar-refractivity contribution < 1.29 is 8.68 Å². The molecule has 0 radical (unpaired) electrons. The molecule has 0 amide bonds. The molecule has 5 heterocycles. The molecule has 0 saturated heterocycles. The van der Waals surface area contributed by atoms with E-state index in [4.69, 9.17) is 4.11 Å². The Labute approximate surface area is 119 Å². The first kappa shape index (κ1) is 7.79. The number of rotatable bonds is 0. The predicted molar refractivity (Wildman–Crippen MR) is 74.2 cm³/mol. The fourth-order valence-corrected chi connectivity index (χ4v) is 3.12. The summed E-state index contributed by atoms with van der Waals surface area (Å²) < 4.78 is 29.4. The van der Waals surface area contributed by atoms with Crippen molar-refractivity contribution in [1.29, 1.82) is 0 Å². The number of aromatic nitrogens is 5. The zero-order valence-corrected chi connectivity index (χ0v) is 10.5. The van der Waals surface area contributed by atoms with Crippen LogP contribution in [0.4, 0.5) is 0 Å². The molecular weight excluding hydrogens is 250 g/mol. The third-order valence-corrected chi connectivity index (χ3v) is 3.98. The Bertz CT molecular complexity index is 1090. The zero-order valence-electron chi connectivity index (χ0n) is 13.5. The van der Waals surface area contributed by atoms with E-state index >= 15 is 0 Å². The van der Waals surface area contributed by atoms with Crippen LogP contribution in [-0.2, 0) is 13.5 Å². The van der Waals surface area contributed by atoms with Gasteiger partial charge in [0.1, 0.15) is 5.52 Å². The molecule has 4 aromatic rings. The van der Waals surface area contributed by atoms with Crippen molar-refractivity contribution in [3.05, 3.63) is 48.7 Å². The molecule has 0 spiro atoms. The molecule has 20 heavy (non-hydrogen) atoms. The minimum atomic E-state index is -2.28. The van der Waals surface area contributed by atoms with Gasteiger partial charge in [0, 0.05) is 30.2 Å². The predicted octanol–water partition coefficient (Wildman–Crippen LogP) is 1.54. The molecule has 0 atom stereocenters. The molecule has 4 aromatic heterocycles. The Morgan fingerprint density at radius 3 is 3.20 bits per heavy atom. The third kappa shape index (κ3) is 1.02. The summed E-state index contributed by atoms with van der Waals surface area (Å²) in [4.78, 5) is 8.29. The van der Waals surface area contributed by atoms with Crippen LogP contribution in [0.3, 0.4) is 0 Å². The van der Waals surface area contributed by atoms with Crippen LogP contribution in [0.5, 0.6) is 0 Å². The van der Waals surface area contributed by atoms with Crippen molar-refractivity contribution in [3.8, 4) is 11.4 Å². The summed E-state index contributed by atoms with van der Waals surface area (Å²) in [5.41, 5.74) is 4.42. The van der Waals surface area contributed by atoms with Gasteiger partial charge in [-0.2, -0.15) is 0 Å². The number of imidazole rings is 1. The maximum atomic E-state index is 8.03. The topological polar surface area (TPSA) is 39.0 Å². The molecule has 0 aromatic carbocycles. The first-order valence-corrected chi connectivity index (χ1v) is 6.39. The second kappa shape index (κ2) is 3.25. The van der Waals surface area contributed by atoms with Crippen LogP contribution in [0.1, 0.15) is 9.68 Å². The van der Waals surface area contributed by atoms with Crippen LogP contribution in [0.25, 0.3) is 28.1 Å². The maximum Gasteiger partial charge on any atom is 0.274 e. The van der Waals surface area contributed by atoms with Gasteiger partial charge < -0.3 is 0 Å². The van der Waals surface area contributed by atoms with Crippen LogP contribution < -0.4 is 4.57 Å². The Morgan fingerprint density at radius 1 is 1.30 bits per heavy atom. The van der Waals surface area contributed by atoms with Gasteiger partial charge in [-0.25, -0.2) is 18.5 Å². The van der Waals surface area contributed by atoms with E-state index in [1.165, 1.54) is 4.57 Å². The lowest BCUT2D eigenvalue weighted by Crippen LogP contribution is -2.30. The second-order valence-corrected chi connectivity index (χ2v) is 5.01. The van der Waals surface area contributed by atoms with Crippen LogP contribution >= 0.6 is 0 Å². The lowest BCUT2D eigenvalue weighted by atomic mass is 10.2. The molecule has 1 aliphatic heterocycles.